The fourth-order valence-corrected chi connectivity index (χ4v) is 5.08. The van der Waals surface area contributed by atoms with Crippen LogP contribution in [0.1, 0.15) is 0 Å². The van der Waals surface area contributed by atoms with Crippen LogP contribution in [0.25, 0.3) is 33.5 Å². The van der Waals surface area contributed by atoms with Crippen molar-refractivity contribution in [2.75, 3.05) is 33.2 Å². The molecule has 9 heteroatoms. The Balaban J connectivity index is 1.47. The second-order valence-electron chi connectivity index (χ2n) is 7.41. The molecular formula is C21H21N5O3S. The van der Waals surface area contributed by atoms with Crippen molar-refractivity contribution >= 4 is 20.9 Å². The molecule has 1 saturated heterocycles. The summed E-state index contributed by atoms with van der Waals surface area (Å²) in [5.41, 5.74) is 3.47. The molecule has 1 aromatic carbocycles. The second-order valence-corrected chi connectivity index (χ2v) is 9.35. The van der Waals surface area contributed by atoms with Crippen LogP contribution in [0.15, 0.2) is 64.6 Å². The molecule has 4 aromatic rings. The van der Waals surface area contributed by atoms with Gasteiger partial charge >= 0.3 is 0 Å². The Labute approximate surface area is 174 Å². The number of hydrogen-bond donors (Lipinski definition) is 1. The van der Waals surface area contributed by atoms with Gasteiger partial charge in [0.05, 0.1) is 11.9 Å². The molecule has 8 nitrogen and oxygen atoms in total. The quantitative estimate of drug-likeness (QED) is 0.542. The molecule has 0 saturated carbocycles. The maximum Gasteiger partial charge on any atom is 0.244 e. The van der Waals surface area contributed by atoms with Gasteiger partial charge in [-0.05, 0) is 37.4 Å². The number of hydrogen-bond acceptors (Lipinski definition) is 6. The molecule has 1 aliphatic heterocycles. The number of nitrogens with one attached hydrogen (secondary N) is 1. The minimum atomic E-state index is -3.53. The van der Waals surface area contributed by atoms with Gasteiger partial charge in [0, 0.05) is 60.6 Å². The predicted molar refractivity (Wildman–Crippen MR) is 113 cm³/mol. The van der Waals surface area contributed by atoms with Gasteiger partial charge in [-0.1, -0.05) is 0 Å². The third-order valence-electron chi connectivity index (χ3n) is 5.51. The lowest BCUT2D eigenvalue weighted by Gasteiger charge is -2.31. The van der Waals surface area contributed by atoms with Crippen molar-refractivity contribution in [3.05, 3.63) is 55.3 Å². The van der Waals surface area contributed by atoms with E-state index < -0.39 is 10.0 Å². The molecule has 0 unspecified atom stereocenters. The summed E-state index contributed by atoms with van der Waals surface area (Å²) in [7, 11) is -1.54. The van der Waals surface area contributed by atoms with E-state index >= 15 is 0 Å². The van der Waals surface area contributed by atoms with Gasteiger partial charge in [0.25, 0.3) is 0 Å². The topological polar surface area (TPSA) is 95.3 Å². The molecule has 3 aromatic heterocycles. The predicted octanol–water partition coefficient (Wildman–Crippen LogP) is 2.82. The Hall–Kier alpha value is -3.01. The Morgan fingerprint density at radius 2 is 1.90 bits per heavy atom. The lowest BCUT2D eigenvalue weighted by Crippen LogP contribution is -2.47. The van der Waals surface area contributed by atoms with Gasteiger partial charge in [-0.15, -0.1) is 0 Å². The zero-order valence-electron chi connectivity index (χ0n) is 16.4. The Morgan fingerprint density at radius 3 is 2.60 bits per heavy atom. The average molecular weight is 423 g/mol. The van der Waals surface area contributed by atoms with E-state index in [1.165, 1.54) is 16.9 Å². The molecule has 4 heterocycles. The fraction of sp³-hybridized carbons (Fsp3) is 0.238. The molecule has 1 fully saturated rings. The van der Waals surface area contributed by atoms with Crippen LogP contribution in [0, 0.1) is 0 Å². The maximum absolute atomic E-state index is 12.9. The van der Waals surface area contributed by atoms with Gasteiger partial charge in [-0.25, -0.2) is 13.4 Å². The number of sulfonamides is 1. The summed E-state index contributed by atoms with van der Waals surface area (Å²) in [4.78, 5) is 14.0. The number of H-pyrrole nitrogens is 1. The number of piperazine rings is 1. The van der Waals surface area contributed by atoms with Crippen molar-refractivity contribution in [3.63, 3.8) is 0 Å². The van der Waals surface area contributed by atoms with Gasteiger partial charge in [-0.3, -0.25) is 4.98 Å². The van der Waals surface area contributed by atoms with Gasteiger partial charge < -0.3 is 14.3 Å². The molecule has 0 spiro atoms. The normalized spacial score (nSPS) is 16.3. The Morgan fingerprint density at radius 1 is 1.07 bits per heavy atom. The van der Waals surface area contributed by atoms with E-state index in [4.69, 9.17) is 4.42 Å². The number of rotatable bonds is 4. The summed E-state index contributed by atoms with van der Waals surface area (Å²) < 4.78 is 32.8. The summed E-state index contributed by atoms with van der Waals surface area (Å²) in [5, 5.41) is 0.978. The molecule has 154 valence electrons. The Kier molecular flexibility index (Phi) is 4.65. The minimum Gasteiger partial charge on any atom is -0.444 e. The number of benzene rings is 1. The lowest BCUT2D eigenvalue weighted by atomic mass is 10.1. The van der Waals surface area contributed by atoms with Crippen molar-refractivity contribution in [2.45, 2.75) is 4.90 Å². The van der Waals surface area contributed by atoms with E-state index in [0.29, 0.717) is 24.5 Å². The largest absolute Gasteiger partial charge is 0.444 e. The summed E-state index contributed by atoms with van der Waals surface area (Å²) in [5.74, 6) is 0.686. The molecule has 1 aliphatic rings. The highest BCUT2D eigenvalue weighted by molar-refractivity contribution is 7.89. The zero-order chi connectivity index (χ0) is 20.7. The smallest absolute Gasteiger partial charge is 0.244 e. The van der Waals surface area contributed by atoms with Crippen LogP contribution in [0.3, 0.4) is 0 Å². The summed E-state index contributed by atoms with van der Waals surface area (Å²) in [6.45, 7) is 2.45. The van der Waals surface area contributed by atoms with Crippen LogP contribution in [0.2, 0.25) is 0 Å². The number of aromatic amines is 1. The van der Waals surface area contributed by atoms with Crippen LogP contribution < -0.4 is 0 Å². The third-order valence-corrected chi connectivity index (χ3v) is 7.39. The number of fused-ring (bicyclic) bond motifs is 1. The van der Waals surface area contributed by atoms with Gasteiger partial charge in [0.2, 0.25) is 10.0 Å². The molecule has 5 rings (SSSR count). The number of pyridine rings is 1. The first-order valence-corrected chi connectivity index (χ1v) is 11.1. The number of aromatic nitrogens is 3. The van der Waals surface area contributed by atoms with Crippen molar-refractivity contribution in [3.8, 4) is 22.6 Å². The average Bonchev–Trinajstić information content (AvgIpc) is 3.44. The molecule has 0 radical (unpaired) electrons. The summed E-state index contributed by atoms with van der Waals surface area (Å²) in [6.07, 6.45) is 6.40. The van der Waals surface area contributed by atoms with E-state index in [1.54, 1.807) is 18.3 Å². The van der Waals surface area contributed by atoms with E-state index in [9.17, 15) is 8.42 Å². The first-order chi connectivity index (χ1) is 14.5. The highest BCUT2D eigenvalue weighted by atomic mass is 32.2. The number of likely N-dealkylation sites (N-methyl/N-ethyl adjacent to an activating group) is 1. The number of nitrogens with zero attached hydrogens (tertiary/aromatic N) is 4. The maximum atomic E-state index is 12.9. The van der Waals surface area contributed by atoms with Crippen LogP contribution in [-0.4, -0.2) is 65.8 Å². The molecule has 1 N–H and O–H groups in total. The van der Waals surface area contributed by atoms with E-state index in [1.807, 2.05) is 31.4 Å². The summed E-state index contributed by atoms with van der Waals surface area (Å²) in [6, 6.07) is 9.34. The minimum absolute atomic E-state index is 0.220. The van der Waals surface area contributed by atoms with Gasteiger partial charge in [-0.2, -0.15) is 4.31 Å². The highest BCUT2D eigenvalue weighted by Gasteiger charge is 2.27. The molecule has 0 amide bonds. The molecular weight excluding hydrogens is 402 g/mol. The summed E-state index contributed by atoms with van der Waals surface area (Å²) >= 11 is 0. The molecule has 0 bridgehead atoms. The highest BCUT2D eigenvalue weighted by Crippen LogP contribution is 2.31. The SMILES string of the molecule is CN1CCN(S(=O)(=O)c2ccc(-c3c[nH]c4ccc(-c5cnco5)cc34)nc2)CC1. The van der Waals surface area contributed by atoms with Gasteiger partial charge in [0.15, 0.2) is 12.2 Å². The van der Waals surface area contributed by atoms with Crippen LogP contribution in [-0.2, 0) is 10.0 Å². The molecule has 0 aliphatic carbocycles. The standard InChI is InChI=1S/C21H21N5O3S/c1-25-6-8-26(9-7-25)30(27,28)16-3-5-20(23-11-16)18-12-24-19-4-2-15(10-17(18)19)21-13-22-14-29-21/h2-5,10-14,24H,6-9H2,1H3. The zero-order valence-corrected chi connectivity index (χ0v) is 17.3. The van der Waals surface area contributed by atoms with Crippen molar-refractivity contribution in [2.24, 2.45) is 0 Å². The lowest BCUT2D eigenvalue weighted by molar-refractivity contribution is 0.222. The first kappa shape index (κ1) is 19.0. The number of oxazole rings is 1. The van der Waals surface area contributed by atoms with E-state index in [0.717, 1.165) is 35.1 Å². The monoisotopic (exact) mass is 423 g/mol. The van der Waals surface area contributed by atoms with Crippen molar-refractivity contribution < 1.29 is 12.8 Å². The van der Waals surface area contributed by atoms with Crippen molar-refractivity contribution in [1.29, 1.82) is 0 Å². The van der Waals surface area contributed by atoms with Crippen LogP contribution in [0.4, 0.5) is 0 Å². The van der Waals surface area contributed by atoms with Crippen LogP contribution in [0.5, 0.6) is 0 Å². The van der Waals surface area contributed by atoms with Crippen molar-refractivity contribution in [1.82, 2.24) is 24.2 Å². The molecule has 0 atom stereocenters. The second kappa shape index (κ2) is 7.35. The first-order valence-electron chi connectivity index (χ1n) is 9.67. The van der Waals surface area contributed by atoms with E-state index in [-0.39, 0.29) is 4.90 Å². The van der Waals surface area contributed by atoms with Crippen LogP contribution >= 0.6 is 0 Å². The fourth-order valence-electron chi connectivity index (χ4n) is 3.71. The van der Waals surface area contributed by atoms with Gasteiger partial charge in [0.1, 0.15) is 4.90 Å². The Bertz CT molecular complexity index is 1270. The third kappa shape index (κ3) is 3.30. The molecule has 30 heavy (non-hydrogen) atoms. The van der Waals surface area contributed by atoms with E-state index in [2.05, 4.69) is 19.9 Å².